The van der Waals surface area contributed by atoms with Gasteiger partial charge in [0, 0.05) is 18.9 Å². The van der Waals surface area contributed by atoms with Crippen molar-refractivity contribution in [2.24, 2.45) is 0 Å². The van der Waals surface area contributed by atoms with Crippen LogP contribution >= 0.6 is 0 Å². The Hall–Kier alpha value is -2.63. The standard InChI is InChI=1S/C14H16N4O2/c1-20-12-4-2-3-11(9-12)5-6-17-14(19)18-13-10-15-7-8-16-13/h2-4,7-10H,5-6H2,1H3,(H2,16,17,18,19). The Bertz CT molecular complexity index is 560. The van der Waals surface area contributed by atoms with E-state index in [0.717, 1.165) is 17.7 Å². The van der Waals surface area contributed by atoms with Gasteiger partial charge in [0.05, 0.1) is 13.3 Å². The van der Waals surface area contributed by atoms with Gasteiger partial charge in [-0.15, -0.1) is 0 Å². The molecule has 0 saturated carbocycles. The fraction of sp³-hybridized carbons (Fsp3) is 0.214. The third-order valence-electron chi connectivity index (χ3n) is 2.64. The second-order valence-corrected chi connectivity index (χ2v) is 4.07. The van der Waals surface area contributed by atoms with Gasteiger partial charge >= 0.3 is 6.03 Å². The summed E-state index contributed by atoms with van der Waals surface area (Å²) in [5, 5.41) is 5.36. The molecule has 1 aromatic heterocycles. The molecule has 0 spiro atoms. The molecular formula is C14H16N4O2. The van der Waals surface area contributed by atoms with Gasteiger partial charge in [0.2, 0.25) is 0 Å². The Morgan fingerprint density at radius 2 is 2.25 bits per heavy atom. The van der Waals surface area contributed by atoms with Gasteiger partial charge in [-0.1, -0.05) is 12.1 Å². The number of urea groups is 1. The number of aromatic nitrogens is 2. The number of nitrogens with one attached hydrogen (secondary N) is 2. The maximum atomic E-state index is 11.6. The molecule has 2 N–H and O–H groups in total. The molecule has 0 saturated heterocycles. The first kappa shape index (κ1) is 13.8. The molecule has 104 valence electrons. The van der Waals surface area contributed by atoms with Gasteiger partial charge in [0.1, 0.15) is 5.75 Å². The number of ether oxygens (including phenoxy) is 1. The van der Waals surface area contributed by atoms with Crippen molar-refractivity contribution in [3.8, 4) is 5.75 Å². The average Bonchev–Trinajstić information content (AvgIpc) is 2.48. The van der Waals surface area contributed by atoms with Crippen LogP contribution in [-0.2, 0) is 6.42 Å². The maximum Gasteiger partial charge on any atom is 0.320 e. The highest BCUT2D eigenvalue weighted by Crippen LogP contribution is 2.12. The van der Waals surface area contributed by atoms with Crippen molar-refractivity contribution in [2.45, 2.75) is 6.42 Å². The highest BCUT2D eigenvalue weighted by Gasteiger charge is 2.02. The van der Waals surface area contributed by atoms with Gasteiger partial charge in [-0.25, -0.2) is 9.78 Å². The molecule has 1 aromatic carbocycles. The molecule has 2 amide bonds. The van der Waals surface area contributed by atoms with Crippen molar-refractivity contribution in [1.29, 1.82) is 0 Å². The van der Waals surface area contributed by atoms with E-state index < -0.39 is 0 Å². The largest absolute Gasteiger partial charge is 0.497 e. The van der Waals surface area contributed by atoms with Crippen LogP contribution in [0.15, 0.2) is 42.9 Å². The molecule has 6 nitrogen and oxygen atoms in total. The summed E-state index contributed by atoms with van der Waals surface area (Å²) in [6.45, 7) is 0.527. The fourth-order valence-corrected chi connectivity index (χ4v) is 1.67. The highest BCUT2D eigenvalue weighted by molar-refractivity contribution is 5.87. The maximum absolute atomic E-state index is 11.6. The number of benzene rings is 1. The number of amides is 2. The lowest BCUT2D eigenvalue weighted by Crippen LogP contribution is -2.30. The predicted octanol–water partition coefficient (Wildman–Crippen LogP) is 1.85. The normalized spacial score (nSPS) is 9.85. The number of hydrogen-bond donors (Lipinski definition) is 2. The minimum Gasteiger partial charge on any atom is -0.497 e. The average molecular weight is 272 g/mol. The van der Waals surface area contributed by atoms with E-state index in [1.165, 1.54) is 12.4 Å². The van der Waals surface area contributed by atoms with Gasteiger partial charge in [0.25, 0.3) is 0 Å². The van der Waals surface area contributed by atoms with E-state index in [4.69, 9.17) is 4.74 Å². The first-order valence-corrected chi connectivity index (χ1v) is 6.22. The van der Waals surface area contributed by atoms with Crippen molar-refractivity contribution in [2.75, 3.05) is 19.0 Å². The number of carbonyl (C=O) groups is 1. The van der Waals surface area contributed by atoms with Crippen LogP contribution in [0.4, 0.5) is 10.6 Å². The quantitative estimate of drug-likeness (QED) is 0.871. The lowest BCUT2D eigenvalue weighted by atomic mass is 10.1. The van der Waals surface area contributed by atoms with Crippen LogP contribution in [0.2, 0.25) is 0 Å². The van der Waals surface area contributed by atoms with Crippen LogP contribution in [0, 0.1) is 0 Å². The lowest BCUT2D eigenvalue weighted by Gasteiger charge is -2.07. The summed E-state index contributed by atoms with van der Waals surface area (Å²) in [4.78, 5) is 19.4. The van der Waals surface area contributed by atoms with Gasteiger partial charge in [-0.05, 0) is 24.1 Å². The second-order valence-electron chi connectivity index (χ2n) is 4.07. The van der Waals surface area contributed by atoms with E-state index in [9.17, 15) is 4.79 Å². The Morgan fingerprint density at radius 1 is 1.35 bits per heavy atom. The van der Waals surface area contributed by atoms with E-state index in [-0.39, 0.29) is 6.03 Å². The lowest BCUT2D eigenvalue weighted by molar-refractivity contribution is 0.252. The smallest absolute Gasteiger partial charge is 0.320 e. The summed E-state index contributed by atoms with van der Waals surface area (Å²) in [5.74, 6) is 1.23. The summed E-state index contributed by atoms with van der Waals surface area (Å²) < 4.78 is 5.15. The number of hydrogen-bond acceptors (Lipinski definition) is 4. The van der Waals surface area contributed by atoms with Crippen LogP contribution in [0.3, 0.4) is 0 Å². The van der Waals surface area contributed by atoms with Gasteiger partial charge in [-0.2, -0.15) is 0 Å². The number of carbonyl (C=O) groups excluding carboxylic acids is 1. The Balaban J connectivity index is 1.76. The Labute approximate surface area is 117 Å². The third kappa shape index (κ3) is 4.24. The van der Waals surface area contributed by atoms with Crippen LogP contribution in [0.5, 0.6) is 5.75 Å². The fourth-order valence-electron chi connectivity index (χ4n) is 1.67. The number of rotatable bonds is 5. The van der Waals surface area contributed by atoms with Gasteiger partial charge in [0.15, 0.2) is 5.82 Å². The highest BCUT2D eigenvalue weighted by atomic mass is 16.5. The molecule has 2 aromatic rings. The zero-order chi connectivity index (χ0) is 14.2. The predicted molar refractivity (Wildman–Crippen MR) is 75.8 cm³/mol. The Kier molecular flexibility index (Phi) is 4.88. The molecule has 1 heterocycles. The SMILES string of the molecule is COc1cccc(CCNC(=O)Nc2cnccn2)c1. The molecule has 0 aliphatic rings. The zero-order valence-electron chi connectivity index (χ0n) is 11.2. The minimum atomic E-state index is -0.298. The minimum absolute atomic E-state index is 0.298. The molecule has 0 bridgehead atoms. The van der Waals surface area contributed by atoms with Crippen molar-refractivity contribution in [1.82, 2.24) is 15.3 Å². The van der Waals surface area contributed by atoms with Crippen LogP contribution in [0.25, 0.3) is 0 Å². The van der Waals surface area contributed by atoms with E-state index in [1.807, 2.05) is 24.3 Å². The molecule has 0 unspecified atom stereocenters. The first-order valence-electron chi connectivity index (χ1n) is 6.22. The molecule has 0 radical (unpaired) electrons. The Morgan fingerprint density at radius 3 is 3.00 bits per heavy atom. The summed E-state index contributed by atoms with van der Waals surface area (Å²) in [6, 6.07) is 7.45. The molecule has 2 rings (SSSR count). The molecule has 0 atom stereocenters. The van der Waals surface area contributed by atoms with Crippen molar-refractivity contribution in [3.63, 3.8) is 0 Å². The number of nitrogens with zero attached hydrogens (tertiary/aromatic N) is 2. The topological polar surface area (TPSA) is 76.1 Å². The van der Waals surface area contributed by atoms with Crippen molar-refractivity contribution < 1.29 is 9.53 Å². The third-order valence-corrected chi connectivity index (χ3v) is 2.64. The second kappa shape index (κ2) is 7.08. The van der Waals surface area contributed by atoms with Gasteiger partial charge < -0.3 is 10.1 Å². The molecule has 20 heavy (non-hydrogen) atoms. The summed E-state index contributed by atoms with van der Waals surface area (Å²) in [6.07, 6.45) is 5.28. The molecule has 0 aliphatic heterocycles. The van der Waals surface area contributed by atoms with Gasteiger partial charge in [-0.3, -0.25) is 10.3 Å². The number of methoxy groups -OCH3 is 1. The number of anilines is 1. The van der Waals surface area contributed by atoms with Crippen molar-refractivity contribution >= 4 is 11.8 Å². The van der Waals surface area contributed by atoms with Crippen molar-refractivity contribution in [3.05, 3.63) is 48.4 Å². The summed E-state index contributed by atoms with van der Waals surface area (Å²) >= 11 is 0. The van der Waals surface area contributed by atoms with E-state index in [2.05, 4.69) is 20.6 Å². The van der Waals surface area contributed by atoms with Crippen LogP contribution < -0.4 is 15.4 Å². The summed E-state index contributed by atoms with van der Waals surface area (Å²) in [5.41, 5.74) is 1.10. The molecular weight excluding hydrogens is 256 g/mol. The van der Waals surface area contributed by atoms with E-state index in [1.54, 1.807) is 13.3 Å². The summed E-state index contributed by atoms with van der Waals surface area (Å²) in [7, 11) is 1.63. The molecule has 6 heteroatoms. The monoisotopic (exact) mass is 272 g/mol. The van der Waals surface area contributed by atoms with E-state index in [0.29, 0.717) is 12.4 Å². The van der Waals surface area contributed by atoms with Crippen LogP contribution in [-0.4, -0.2) is 29.7 Å². The molecule has 0 aliphatic carbocycles. The van der Waals surface area contributed by atoms with E-state index >= 15 is 0 Å². The van der Waals surface area contributed by atoms with Crippen LogP contribution in [0.1, 0.15) is 5.56 Å². The molecule has 0 fully saturated rings. The first-order chi connectivity index (χ1) is 9.78. The zero-order valence-corrected chi connectivity index (χ0v) is 11.2.